The fourth-order valence-electron chi connectivity index (χ4n) is 3.13. The number of hydrogen-bond acceptors (Lipinski definition) is 4. The Hall–Kier alpha value is -2.91. The number of nitrogens with one attached hydrogen (secondary N) is 2. The van der Waals surface area contributed by atoms with Crippen LogP contribution in [0.15, 0.2) is 35.1 Å². The SMILES string of the molecule is Cc1[nH]c(=O)c(C#N)c(C)c1CCC(=O)NCCCO[C@@H](C)c1ccccc1. The van der Waals surface area contributed by atoms with Crippen LogP contribution in [0.4, 0.5) is 0 Å². The summed E-state index contributed by atoms with van der Waals surface area (Å²) in [5, 5.41) is 12.0. The monoisotopic (exact) mass is 381 g/mol. The van der Waals surface area contributed by atoms with Gasteiger partial charge in [0.05, 0.1) is 6.10 Å². The van der Waals surface area contributed by atoms with Crippen molar-refractivity contribution in [2.75, 3.05) is 13.2 Å². The maximum Gasteiger partial charge on any atom is 0.266 e. The highest BCUT2D eigenvalue weighted by Crippen LogP contribution is 2.16. The molecule has 1 aromatic heterocycles. The first-order valence-corrected chi connectivity index (χ1v) is 9.49. The Bertz CT molecular complexity index is 898. The summed E-state index contributed by atoms with van der Waals surface area (Å²) >= 11 is 0. The van der Waals surface area contributed by atoms with Crippen molar-refractivity contribution >= 4 is 5.91 Å². The average molecular weight is 381 g/mol. The molecular weight excluding hydrogens is 354 g/mol. The van der Waals surface area contributed by atoms with Crippen molar-refractivity contribution in [3.8, 4) is 6.07 Å². The van der Waals surface area contributed by atoms with Gasteiger partial charge in [-0.2, -0.15) is 5.26 Å². The van der Waals surface area contributed by atoms with Crippen molar-refractivity contribution in [3.63, 3.8) is 0 Å². The van der Waals surface area contributed by atoms with Gasteiger partial charge in [-0.3, -0.25) is 9.59 Å². The largest absolute Gasteiger partial charge is 0.374 e. The number of pyridine rings is 1. The Labute approximate surface area is 165 Å². The van der Waals surface area contributed by atoms with Crippen LogP contribution < -0.4 is 10.9 Å². The number of aromatic amines is 1. The topological polar surface area (TPSA) is 95.0 Å². The van der Waals surface area contributed by atoms with E-state index in [9.17, 15) is 9.59 Å². The maximum absolute atomic E-state index is 12.1. The van der Waals surface area contributed by atoms with Crippen LogP contribution in [0.1, 0.15) is 53.8 Å². The lowest BCUT2D eigenvalue weighted by molar-refractivity contribution is -0.121. The Morgan fingerprint density at radius 2 is 2.00 bits per heavy atom. The Balaban J connectivity index is 1.73. The molecule has 0 aliphatic rings. The quantitative estimate of drug-likeness (QED) is 0.653. The highest BCUT2D eigenvalue weighted by molar-refractivity contribution is 5.76. The molecule has 0 aliphatic heterocycles. The Kier molecular flexibility index (Phi) is 7.97. The summed E-state index contributed by atoms with van der Waals surface area (Å²) in [5.41, 5.74) is 3.08. The van der Waals surface area contributed by atoms with E-state index < -0.39 is 0 Å². The second-order valence-corrected chi connectivity index (χ2v) is 6.80. The number of carbonyl (C=O) groups is 1. The highest BCUT2D eigenvalue weighted by atomic mass is 16.5. The number of benzene rings is 1. The highest BCUT2D eigenvalue weighted by Gasteiger charge is 2.13. The molecule has 0 radical (unpaired) electrons. The minimum Gasteiger partial charge on any atom is -0.374 e. The van der Waals surface area contributed by atoms with Gasteiger partial charge in [0, 0.05) is 25.3 Å². The van der Waals surface area contributed by atoms with Gasteiger partial charge in [-0.05, 0) is 50.3 Å². The summed E-state index contributed by atoms with van der Waals surface area (Å²) in [6.45, 7) is 6.67. The van der Waals surface area contributed by atoms with Crippen LogP contribution in [-0.2, 0) is 16.0 Å². The fraction of sp³-hybridized carbons (Fsp3) is 0.409. The summed E-state index contributed by atoms with van der Waals surface area (Å²) in [7, 11) is 0. The molecule has 148 valence electrons. The number of H-pyrrole nitrogens is 1. The molecule has 0 saturated heterocycles. The molecule has 0 spiro atoms. The smallest absolute Gasteiger partial charge is 0.266 e. The third-order valence-corrected chi connectivity index (χ3v) is 4.80. The summed E-state index contributed by atoms with van der Waals surface area (Å²) in [6.07, 6.45) is 1.55. The number of nitriles is 1. The molecule has 2 rings (SSSR count). The summed E-state index contributed by atoms with van der Waals surface area (Å²) < 4.78 is 5.79. The van der Waals surface area contributed by atoms with E-state index in [2.05, 4.69) is 10.3 Å². The zero-order chi connectivity index (χ0) is 20.5. The first kappa shape index (κ1) is 21.4. The number of aromatic nitrogens is 1. The van der Waals surface area contributed by atoms with Crippen molar-refractivity contribution in [2.45, 2.75) is 46.1 Å². The molecule has 6 heteroatoms. The third-order valence-electron chi connectivity index (χ3n) is 4.80. The second kappa shape index (κ2) is 10.4. The molecule has 1 heterocycles. The van der Waals surface area contributed by atoms with Gasteiger partial charge in [-0.25, -0.2) is 0 Å². The first-order valence-electron chi connectivity index (χ1n) is 9.49. The molecule has 0 fully saturated rings. The molecule has 2 N–H and O–H groups in total. The van der Waals surface area contributed by atoms with E-state index in [0.29, 0.717) is 37.3 Å². The van der Waals surface area contributed by atoms with Crippen LogP contribution >= 0.6 is 0 Å². The summed E-state index contributed by atoms with van der Waals surface area (Å²) in [6, 6.07) is 11.9. The van der Waals surface area contributed by atoms with Gasteiger partial charge in [0.25, 0.3) is 5.56 Å². The summed E-state index contributed by atoms with van der Waals surface area (Å²) in [5.74, 6) is -0.0559. The minimum absolute atomic E-state index is 0.0254. The van der Waals surface area contributed by atoms with E-state index in [1.807, 2.05) is 43.3 Å². The van der Waals surface area contributed by atoms with E-state index in [1.165, 1.54) is 0 Å². The maximum atomic E-state index is 12.1. The van der Waals surface area contributed by atoms with Gasteiger partial charge < -0.3 is 15.0 Å². The van der Waals surface area contributed by atoms with Crippen LogP contribution in [0.5, 0.6) is 0 Å². The number of nitrogens with zero attached hydrogens (tertiary/aromatic N) is 1. The lowest BCUT2D eigenvalue weighted by Crippen LogP contribution is -2.26. The second-order valence-electron chi connectivity index (χ2n) is 6.80. The molecule has 0 saturated carbocycles. The van der Waals surface area contributed by atoms with Crippen molar-refractivity contribution in [1.82, 2.24) is 10.3 Å². The van der Waals surface area contributed by atoms with Gasteiger partial charge in [0.2, 0.25) is 5.91 Å². The molecular formula is C22H27N3O3. The van der Waals surface area contributed by atoms with Crippen molar-refractivity contribution < 1.29 is 9.53 Å². The zero-order valence-electron chi connectivity index (χ0n) is 16.7. The van der Waals surface area contributed by atoms with E-state index >= 15 is 0 Å². The number of aryl methyl sites for hydroxylation is 1. The van der Waals surface area contributed by atoms with Crippen molar-refractivity contribution in [3.05, 3.63) is 68.6 Å². The number of amides is 1. The molecule has 6 nitrogen and oxygen atoms in total. The fourth-order valence-corrected chi connectivity index (χ4v) is 3.13. The molecule has 1 atom stereocenters. The molecule has 2 aromatic rings. The van der Waals surface area contributed by atoms with Crippen LogP contribution in [0.3, 0.4) is 0 Å². The van der Waals surface area contributed by atoms with Crippen LogP contribution in [0, 0.1) is 25.2 Å². The summed E-state index contributed by atoms with van der Waals surface area (Å²) in [4.78, 5) is 26.5. The van der Waals surface area contributed by atoms with Gasteiger partial charge in [-0.1, -0.05) is 30.3 Å². The van der Waals surface area contributed by atoms with E-state index in [1.54, 1.807) is 13.8 Å². The van der Waals surface area contributed by atoms with Crippen LogP contribution in [0.2, 0.25) is 0 Å². The normalized spacial score (nSPS) is 11.6. The predicted octanol–water partition coefficient (Wildman–Crippen LogP) is 3.08. The van der Waals surface area contributed by atoms with Gasteiger partial charge in [0.1, 0.15) is 11.6 Å². The Morgan fingerprint density at radius 3 is 2.68 bits per heavy atom. The molecule has 0 aliphatic carbocycles. The van der Waals surface area contributed by atoms with Gasteiger partial charge in [0.15, 0.2) is 0 Å². The lowest BCUT2D eigenvalue weighted by Gasteiger charge is -2.14. The predicted molar refractivity (Wildman–Crippen MR) is 108 cm³/mol. The molecule has 0 unspecified atom stereocenters. The number of hydrogen-bond donors (Lipinski definition) is 2. The van der Waals surface area contributed by atoms with Crippen LogP contribution in [-0.4, -0.2) is 24.0 Å². The number of rotatable bonds is 9. The number of ether oxygens (including phenoxy) is 1. The molecule has 0 bridgehead atoms. The standard InChI is InChI=1S/C22H27N3O3/c1-15-19(16(2)25-22(27)20(15)14-23)10-11-21(26)24-12-7-13-28-17(3)18-8-5-4-6-9-18/h4-6,8-9,17H,7,10-13H2,1-3H3,(H,24,26)(H,25,27)/t17-/m0/s1. The Morgan fingerprint density at radius 1 is 1.29 bits per heavy atom. The van der Waals surface area contributed by atoms with Crippen molar-refractivity contribution in [1.29, 1.82) is 5.26 Å². The van der Waals surface area contributed by atoms with E-state index in [4.69, 9.17) is 10.00 Å². The third kappa shape index (κ3) is 5.80. The molecule has 28 heavy (non-hydrogen) atoms. The van der Waals surface area contributed by atoms with E-state index in [0.717, 1.165) is 17.5 Å². The lowest BCUT2D eigenvalue weighted by atomic mass is 9.99. The minimum atomic E-state index is -0.379. The van der Waals surface area contributed by atoms with Gasteiger partial charge >= 0.3 is 0 Å². The zero-order valence-corrected chi connectivity index (χ0v) is 16.7. The average Bonchev–Trinajstić information content (AvgIpc) is 2.68. The van der Waals surface area contributed by atoms with E-state index in [-0.39, 0.29) is 23.1 Å². The van der Waals surface area contributed by atoms with Gasteiger partial charge in [-0.15, -0.1) is 0 Å². The van der Waals surface area contributed by atoms with Crippen LogP contribution in [0.25, 0.3) is 0 Å². The first-order chi connectivity index (χ1) is 13.4. The number of carbonyl (C=O) groups excluding carboxylic acids is 1. The molecule has 1 amide bonds. The molecule has 1 aromatic carbocycles. The van der Waals surface area contributed by atoms with Crippen molar-refractivity contribution in [2.24, 2.45) is 0 Å².